The summed E-state index contributed by atoms with van der Waals surface area (Å²) in [7, 11) is 0. The molecule has 0 radical (unpaired) electrons. The number of imidazole rings is 1. The molecule has 4 aromatic rings. The average molecular weight is 376 g/mol. The van der Waals surface area contributed by atoms with Crippen LogP contribution in [0.3, 0.4) is 0 Å². The number of H-pyrrole nitrogens is 1. The van der Waals surface area contributed by atoms with Crippen LogP contribution >= 0.6 is 0 Å². The van der Waals surface area contributed by atoms with Crippen LogP contribution in [0.1, 0.15) is 24.3 Å². The third kappa shape index (κ3) is 2.80. The molecule has 2 atom stereocenters. The fraction of sp³-hybridized carbons (Fsp3) is 0.316. The highest BCUT2D eigenvalue weighted by Crippen LogP contribution is 2.31. The van der Waals surface area contributed by atoms with E-state index in [4.69, 9.17) is 9.72 Å². The van der Waals surface area contributed by atoms with E-state index in [2.05, 4.69) is 37.0 Å². The minimum atomic E-state index is -0.0598. The van der Waals surface area contributed by atoms with Gasteiger partial charge in [0.25, 0.3) is 0 Å². The van der Waals surface area contributed by atoms with Gasteiger partial charge in [-0.25, -0.2) is 15.0 Å². The molecule has 0 bridgehead atoms. The molecule has 1 N–H and O–H groups in total. The van der Waals surface area contributed by atoms with E-state index in [0.717, 1.165) is 35.0 Å². The van der Waals surface area contributed by atoms with E-state index in [9.17, 15) is 0 Å². The molecule has 0 spiro atoms. The molecule has 1 saturated heterocycles. The lowest BCUT2D eigenvalue weighted by Crippen LogP contribution is -2.46. The van der Waals surface area contributed by atoms with Crippen molar-refractivity contribution < 1.29 is 4.74 Å². The number of anilines is 1. The largest absolute Gasteiger partial charge is 0.369 e. The number of nitrogens with zero attached hydrogens (tertiary/aromatic N) is 7. The molecule has 0 amide bonds. The van der Waals surface area contributed by atoms with Gasteiger partial charge in [-0.15, -0.1) is 0 Å². The Morgan fingerprint density at radius 3 is 2.96 bits per heavy atom. The van der Waals surface area contributed by atoms with Gasteiger partial charge in [0.2, 0.25) is 0 Å². The number of hydrogen-bond donors (Lipinski definition) is 1. The van der Waals surface area contributed by atoms with Crippen molar-refractivity contribution in [1.29, 1.82) is 0 Å². The number of morpholine rings is 1. The first-order valence-electron chi connectivity index (χ1n) is 9.21. The van der Waals surface area contributed by atoms with Crippen molar-refractivity contribution in [3.8, 4) is 11.5 Å². The Morgan fingerprint density at radius 1 is 1.18 bits per heavy atom. The van der Waals surface area contributed by atoms with Gasteiger partial charge in [-0.3, -0.25) is 14.5 Å². The topological polar surface area (TPSA) is 97.1 Å². The molecular formula is C19H20N8O. The Balaban J connectivity index is 1.51. The molecule has 1 fully saturated rings. The van der Waals surface area contributed by atoms with E-state index in [-0.39, 0.29) is 12.1 Å². The van der Waals surface area contributed by atoms with Gasteiger partial charge < -0.3 is 9.64 Å². The van der Waals surface area contributed by atoms with E-state index in [1.54, 1.807) is 18.6 Å². The first-order valence-corrected chi connectivity index (χ1v) is 9.21. The minimum absolute atomic E-state index is 0.0598. The van der Waals surface area contributed by atoms with Crippen molar-refractivity contribution in [3.63, 3.8) is 0 Å². The summed E-state index contributed by atoms with van der Waals surface area (Å²) in [6.07, 6.45) is 10.9. The second kappa shape index (κ2) is 6.68. The van der Waals surface area contributed by atoms with Crippen LogP contribution < -0.4 is 4.90 Å². The molecule has 1 aliphatic heterocycles. The average Bonchev–Trinajstić information content (AvgIpc) is 3.38. The van der Waals surface area contributed by atoms with Crippen molar-refractivity contribution >= 4 is 11.5 Å². The van der Waals surface area contributed by atoms with Crippen LogP contribution in [0.5, 0.6) is 0 Å². The molecule has 0 saturated carbocycles. The number of aromatic nitrogens is 7. The monoisotopic (exact) mass is 376 g/mol. The van der Waals surface area contributed by atoms with E-state index < -0.39 is 0 Å². The highest BCUT2D eigenvalue weighted by Gasteiger charge is 2.31. The number of rotatable bonds is 3. The minimum Gasteiger partial charge on any atom is -0.369 e. The van der Waals surface area contributed by atoms with E-state index in [1.807, 2.05) is 36.0 Å². The second-order valence-electron chi connectivity index (χ2n) is 6.90. The molecule has 5 rings (SSSR count). The number of ether oxygens (including phenoxy) is 1. The van der Waals surface area contributed by atoms with Crippen molar-refractivity contribution in [2.75, 3.05) is 18.1 Å². The smallest absolute Gasteiger partial charge is 0.180 e. The van der Waals surface area contributed by atoms with E-state index in [0.29, 0.717) is 12.4 Å². The van der Waals surface area contributed by atoms with E-state index in [1.165, 1.54) is 0 Å². The molecule has 1 aliphatic rings. The molecule has 4 aromatic heterocycles. The molecule has 0 aromatic carbocycles. The van der Waals surface area contributed by atoms with Crippen LogP contribution in [-0.2, 0) is 4.74 Å². The summed E-state index contributed by atoms with van der Waals surface area (Å²) < 4.78 is 7.96. The number of fused-ring (bicyclic) bond motifs is 1. The van der Waals surface area contributed by atoms with Gasteiger partial charge in [-0.2, -0.15) is 5.10 Å². The summed E-state index contributed by atoms with van der Waals surface area (Å²) in [4.78, 5) is 20.3. The number of aryl methyl sites for hydroxylation is 1. The van der Waals surface area contributed by atoms with Crippen molar-refractivity contribution in [2.45, 2.75) is 26.0 Å². The van der Waals surface area contributed by atoms with Crippen LogP contribution in [0.25, 0.3) is 17.2 Å². The van der Waals surface area contributed by atoms with Crippen LogP contribution in [-0.4, -0.2) is 53.7 Å². The maximum Gasteiger partial charge on any atom is 0.180 e. The Labute approximate surface area is 161 Å². The fourth-order valence-corrected chi connectivity index (χ4v) is 3.68. The number of aromatic amines is 1. The molecule has 5 heterocycles. The van der Waals surface area contributed by atoms with Crippen molar-refractivity contribution in [1.82, 2.24) is 34.5 Å². The van der Waals surface area contributed by atoms with Crippen LogP contribution in [0, 0.1) is 6.92 Å². The third-order valence-corrected chi connectivity index (χ3v) is 5.10. The molecule has 9 nitrogen and oxygen atoms in total. The molecule has 0 aliphatic carbocycles. The second-order valence-corrected chi connectivity index (χ2v) is 6.90. The predicted octanol–water partition coefficient (Wildman–Crippen LogP) is 2.18. The SMILES string of the molecule is Cc1cn2c(-c3nccc(N4CCOC(c5cn[nH]c5)C4C)n3)cnc2cn1. The molecular weight excluding hydrogens is 356 g/mol. The zero-order valence-corrected chi connectivity index (χ0v) is 15.6. The molecule has 2 unspecified atom stereocenters. The lowest BCUT2D eigenvalue weighted by Gasteiger charge is -2.39. The Bertz CT molecular complexity index is 1110. The van der Waals surface area contributed by atoms with Crippen LogP contribution in [0.2, 0.25) is 0 Å². The van der Waals surface area contributed by atoms with Crippen LogP contribution in [0.15, 0.2) is 43.2 Å². The van der Waals surface area contributed by atoms with Gasteiger partial charge in [0.1, 0.15) is 17.6 Å². The Hall–Kier alpha value is -3.33. The zero-order chi connectivity index (χ0) is 19.1. The van der Waals surface area contributed by atoms with Gasteiger partial charge in [0.15, 0.2) is 11.5 Å². The van der Waals surface area contributed by atoms with Crippen LogP contribution in [0.4, 0.5) is 5.82 Å². The summed E-state index contributed by atoms with van der Waals surface area (Å²) >= 11 is 0. The fourth-order valence-electron chi connectivity index (χ4n) is 3.68. The summed E-state index contributed by atoms with van der Waals surface area (Å²) in [5, 5.41) is 6.91. The van der Waals surface area contributed by atoms with Crippen molar-refractivity contribution in [2.24, 2.45) is 0 Å². The lowest BCUT2D eigenvalue weighted by atomic mass is 10.0. The summed E-state index contributed by atoms with van der Waals surface area (Å²) in [6, 6.07) is 2.05. The standard InChI is InChI=1S/C19H20N8O/c1-12-11-27-15(9-22-17(27)10-21-12)19-20-4-3-16(25-19)26-5-6-28-18(13(26)2)14-7-23-24-8-14/h3-4,7-11,13,18H,5-6H2,1-2H3,(H,23,24). The number of hydrogen-bond acceptors (Lipinski definition) is 7. The predicted molar refractivity (Wildman–Crippen MR) is 103 cm³/mol. The quantitative estimate of drug-likeness (QED) is 0.585. The first kappa shape index (κ1) is 16.8. The molecule has 142 valence electrons. The molecule has 28 heavy (non-hydrogen) atoms. The van der Waals surface area contributed by atoms with Gasteiger partial charge in [-0.05, 0) is 19.9 Å². The summed E-state index contributed by atoms with van der Waals surface area (Å²) in [5.74, 6) is 1.50. The van der Waals surface area contributed by atoms with Gasteiger partial charge in [-0.1, -0.05) is 0 Å². The Kier molecular flexibility index (Phi) is 4.01. The van der Waals surface area contributed by atoms with Gasteiger partial charge >= 0.3 is 0 Å². The lowest BCUT2D eigenvalue weighted by molar-refractivity contribution is 0.0143. The Morgan fingerprint density at radius 2 is 2.11 bits per heavy atom. The number of nitrogens with one attached hydrogen (secondary N) is 1. The first-order chi connectivity index (χ1) is 13.7. The highest BCUT2D eigenvalue weighted by molar-refractivity contribution is 5.58. The van der Waals surface area contributed by atoms with E-state index >= 15 is 0 Å². The maximum absolute atomic E-state index is 5.99. The van der Waals surface area contributed by atoms with Gasteiger partial charge in [0, 0.05) is 30.7 Å². The van der Waals surface area contributed by atoms with Crippen molar-refractivity contribution in [3.05, 3.63) is 54.5 Å². The molecule has 9 heteroatoms. The summed E-state index contributed by atoms with van der Waals surface area (Å²) in [5.41, 5.74) is 3.56. The summed E-state index contributed by atoms with van der Waals surface area (Å²) in [6.45, 7) is 5.48. The highest BCUT2D eigenvalue weighted by atomic mass is 16.5. The third-order valence-electron chi connectivity index (χ3n) is 5.10. The maximum atomic E-state index is 5.99. The van der Waals surface area contributed by atoms with Gasteiger partial charge in [0.05, 0.1) is 36.9 Å². The normalized spacial score (nSPS) is 20.0. The zero-order valence-electron chi connectivity index (χ0n) is 15.6.